The average Bonchev–Trinajstić information content (AvgIpc) is 3.82. The van der Waals surface area contributed by atoms with Crippen LogP contribution in [0.4, 0.5) is 0 Å². The Bertz CT molecular complexity index is 584. The smallest absolute Gasteiger partial charge is 0.346 e. The van der Waals surface area contributed by atoms with E-state index in [1.54, 1.807) is 40.6 Å². The molecule has 3 aliphatic rings. The molecule has 0 aromatic rings. The number of methoxy groups -OCH3 is 5. The topological polar surface area (TPSA) is 94.2 Å². The molecule has 276 valence electrons. The molecule has 0 saturated carbocycles. The van der Waals surface area contributed by atoms with Gasteiger partial charge < -0.3 is 37.9 Å². The normalized spacial score (nSPS) is 13.6. The van der Waals surface area contributed by atoms with Gasteiger partial charge in [0.15, 0.2) is 0 Å². The summed E-state index contributed by atoms with van der Waals surface area (Å²) < 4.78 is 43.5. The summed E-state index contributed by atoms with van der Waals surface area (Å²) in [5.74, 6) is -0.292. The minimum atomic E-state index is -0.292. The first kappa shape index (κ1) is 73.9. The summed E-state index contributed by atoms with van der Waals surface area (Å²) in [6.45, 7) is 21.3. The molecule has 44 heavy (non-hydrogen) atoms. The van der Waals surface area contributed by atoms with Crippen molar-refractivity contribution in [3.05, 3.63) is 49.5 Å². The standard InChI is InChI=1S/C6H12O2.C5H4O2.C4H10O2.C3H5O.C3H8O.C3H6O.C3H6.7CH4.W/c1-6(3-7-2)4-8-5-6;1-7-5(6)4-2-3-4;1-3-6-4-5-2;1-3-2-4-3;2*1-3-4-2;1-3-2;;;;;;;;/h3-5H2,1-2H3;2H,1H3;3-4H2,1-2H3;2-3H,1H3;3H2,1-2H3;3H,1H2,2H3;3H,1H2,2H3;7*1H4;/q;;;-1;;;;;;;;;;;/i;;;2D;;;;;;;;;;;. The first-order valence-electron chi connectivity index (χ1n) is 12.0. The van der Waals surface area contributed by atoms with Crippen molar-refractivity contribution in [3.63, 3.8) is 0 Å². The molecule has 0 radical (unpaired) electrons. The number of rotatable bonds is 8. The van der Waals surface area contributed by atoms with E-state index in [4.69, 9.17) is 15.6 Å². The Labute approximate surface area is 293 Å². The zero-order valence-corrected chi connectivity index (χ0v) is 27.5. The largest absolute Gasteiger partial charge is 0.570 e. The second-order valence-corrected chi connectivity index (χ2v) is 7.10. The molecule has 3 rings (SSSR count). The maximum atomic E-state index is 10.2. The van der Waals surface area contributed by atoms with Crippen LogP contribution in [0.5, 0.6) is 0 Å². The molecule has 9 nitrogen and oxygen atoms in total. The van der Waals surface area contributed by atoms with Crippen LogP contribution in [0.1, 0.15) is 88.0 Å². The van der Waals surface area contributed by atoms with E-state index < -0.39 is 0 Å². The third kappa shape index (κ3) is 83.6. The summed E-state index contributed by atoms with van der Waals surface area (Å²) in [4.78, 5) is 10.2. The number of carbonyl (C=O) groups is 1. The van der Waals surface area contributed by atoms with Gasteiger partial charge in [0.2, 0.25) is 0 Å². The summed E-state index contributed by atoms with van der Waals surface area (Å²) in [7, 11) is 7.93. The number of esters is 1. The van der Waals surface area contributed by atoms with Gasteiger partial charge in [-0.25, -0.2) is 4.79 Å². The number of allylic oxidation sites excluding steroid dienone is 1. The van der Waals surface area contributed by atoms with Gasteiger partial charge in [0, 0.05) is 67.1 Å². The Hall–Kier alpha value is -1.28. The van der Waals surface area contributed by atoms with Gasteiger partial charge in [-0.15, -0.1) is 12.3 Å². The van der Waals surface area contributed by atoms with E-state index in [2.05, 4.69) is 49.5 Å². The van der Waals surface area contributed by atoms with Crippen molar-refractivity contribution >= 4 is 5.97 Å². The third-order valence-corrected chi connectivity index (χ3v) is 3.30. The van der Waals surface area contributed by atoms with Crippen molar-refractivity contribution in [2.45, 2.75) is 92.7 Å². The molecule has 2 heterocycles. The van der Waals surface area contributed by atoms with Crippen LogP contribution < -0.4 is 0 Å². The molecule has 1 aliphatic carbocycles. The first-order chi connectivity index (χ1) is 17.6. The van der Waals surface area contributed by atoms with E-state index in [-0.39, 0.29) is 85.1 Å². The summed E-state index contributed by atoms with van der Waals surface area (Å²) in [5, 5.41) is 0. The van der Waals surface area contributed by atoms with Gasteiger partial charge in [-0.3, -0.25) is 0 Å². The van der Waals surface area contributed by atoms with Crippen LogP contribution in [0, 0.1) is 12.0 Å². The van der Waals surface area contributed by atoms with Crippen LogP contribution in [0.15, 0.2) is 42.9 Å². The second-order valence-electron chi connectivity index (χ2n) is 7.10. The summed E-state index contributed by atoms with van der Waals surface area (Å²) in [6, 6.07) is 0. The fourth-order valence-electron chi connectivity index (χ4n) is 1.38. The van der Waals surface area contributed by atoms with Gasteiger partial charge >= 0.3 is 5.97 Å². The monoisotopic (exact) mass is 817 g/mol. The quantitative estimate of drug-likeness (QED) is 0.0348. The molecule has 0 spiro atoms. The Morgan fingerprint density at radius 1 is 1.02 bits per heavy atom. The van der Waals surface area contributed by atoms with Crippen molar-refractivity contribution in [1.29, 1.82) is 0 Å². The van der Waals surface area contributed by atoms with Crippen molar-refractivity contribution < 1.29 is 65.1 Å². The van der Waals surface area contributed by atoms with Crippen LogP contribution in [0.3, 0.4) is 0 Å². The number of epoxide rings is 1. The molecular weight excluding hydrogens is 736 g/mol. The number of carbonyl (C=O) groups excluding carboxylic acids is 1. The van der Waals surface area contributed by atoms with Crippen LogP contribution in [-0.4, -0.2) is 87.4 Å². The second kappa shape index (κ2) is 64.6. The van der Waals surface area contributed by atoms with Crippen molar-refractivity contribution in [3.8, 4) is 0 Å². The van der Waals surface area contributed by atoms with Crippen LogP contribution >= 0.6 is 0 Å². The molecule has 2 fully saturated rings. The fourth-order valence-corrected chi connectivity index (χ4v) is 1.38. The molecule has 2 saturated heterocycles. The van der Waals surface area contributed by atoms with Gasteiger partial charge in [0.25, 0.3) is 0 Å². The predicted molar refractivity (Wildman–Crippen MR) is 191 cm³/mol. The Morgan fingerprint density at radius 3 is 1.45 bits per heavy atom. The molecule has 10 heteroatoms. The van der Waals surface area contributed by atoms with E-state index in [9.17, 15) is 4.79 Å². The molecule has 1 atom stereocenters. The number of hydrogen-bond donors (Lipinski definition) is 0. The van der Waals surface area contributed by atoms with E-state index in [1.807, 2.05) is 27.7 Å². The van der Waals surface area contributed by atoms with Gasteiger partial charge in [-0.1, -0.05) is 84.6 Å². The van der Waals surface area contributed by atoms with Crippen molar-refractivity contribution in [2.24, 2.45) is 5.41 Å². The molecule has 0 amide bonds. The first-order valence-corrected chi connectivity index (χ1v) is 11.5. The van der Waals surface area contributed by atoms with Gasteiger partial charge in [-0.2, -0.15) is 7.95 Å². The molecule has 0 N–H and O–H groups in total. The average molecular weight is 817 g/mol. The Kier molecular flexibility index (Phi) is 109. The van der Waals surface area contributed by atoms with Crippen LogP contribution in [-0.2, 0) is 63.8 Å². The maximum Gasteiger partial charge on any atom is 0.346 e. The van der Waals surface area contributed by atoms with Crippen molar-refractivity contribution in [2.75, 3.05) is 75.4 Å². The summed E-state index contributed by atoms with van der Waals surface area (Å²) in [6.07, 6.45) is 4.85. The van der Waals surface area contributed by atoms with Gasteiger partial charge in [0.05, 0.1) is 40.3 Å². The predicted octanol–water partition coefficient (Wildman–Crippen LogP) is 9.19. The molecule has 2 aliphatic heterocycles. The van der Waals surface area contributed by atoms with Gasteiger partial charge in [0.1, 0.15) is 12.4 Å². The van der Waals surface area contributed by atoms with E-state index in [0.29, 0.717) is 24.4 Å². The third-order valence-electron chi connectivity index (χ3n) is 3.30. The zero-order chi connectivity index (χ0) is 29.5. The number of ether oxygens (including phenoxy) is 8. The fraction of sp³-hybridized carbons (Fsp3) is 0.735. The SMILES string of the molecule is C.C.C.C.C.C.C.C=CC.C=COC.CCOC.CCOCOC.COC(=O)C1=C=C1.COCC1(C)COC1.[2H][C-]1OC1C.[W]. The van der Waals surface area contributed by atoms with Crippen LogP contribution in [0.25, 0.3) is 0 Å². The molecule has 0 aromatic heterocycles. The number of hydrogen-bond acceptors (Lipinski definition) is 9. The van der Waals surface area contributed by atoms with E-state index in [1.165, 1.54) is 13.4 Å². The minimum absolute atomic E-state index is 0. The molecule has 1 unspecified atom stereocenters. The van der Waals surface area contributed by atoms with Crippen LogP contribution in [0.2, 0.25) is 0 Å². The minimum Gasteiger partial charge on any atom is -0.570 e. The summed E-state index contributed by atoms with van der Waals surface area (Å²) in [5.41, 5.74) is 3.49. The Balaban J connectivity index is -0.0000000280. The van der Waals surface area contributed by atoms with Crippen molar-refractivity contribution in [1.82, 2.24) is 0 Å². The van der Waals surface area contributed by atoms with E-state index in [0.717, 1.165) is 33.0 Å². The van der Waals surface area contributed by atoms with Gasteiger partial charge in [-0.05, 0) is 20.8 Å². The zero-order valence-electron chi connectivity index (χ0n) is 25.5. The molecule has 0 bridgehead atoms. The van der Waals surface area contributed by atoms with E-state index >= 15 is 0 Å². The summed E-state index contributed by atoms with van der Waals surface area (Å²) >= 11 is 0. The molecular formula is C34H79O9W-. The maximum absolute atomic E-state index is 10.2. The molecule has 0 aromatic carbocycles. The Morgan fingerprint density at radius 2 is 1.39 bits per heavy atom.